The Labute approximate surface area is 153 Å². The van der Waals surface area contributed by atoms with Crippen LogP contribution in [0.4, 0.5) is 0 Å². The first-order valence-electron chi connectivity index (χ1n) is 7.25. The molecule has 0 saturated carbocycles. The Balaban J connectivity index is 1.83. The first-order valence-corrected chi connectivity index (χ1v) is 9.03. The van der Waals surface area contributed by atoms with E-state index in [0.717, 1.165) is 21.5 Å². The van der Waals surface area contributed by atoms with Gasteiger partial charge in [-0.1, -0.05) is 46.7 Å². The number of carbonyl (C=O) groups excluding carboxylic acids is 1. The van der Waals surface area contributed by atoms with Gasteiger partial charge in [0.25, 0.3) is 5.91 Å². The minimum absolute atomic E-state index is 0.162. The molecule has 0 unspecified atom stereocenters. The van der Waals surface area contributed by atoms with E-state index < -0.39 is 0 Å². The quantitative estimate of drug-likeness (QED) is 0.329. The number of benzene rings is 1. The third-order valence-corrected chi connectivity index (χ3v) is 3.97. The van der Waals surface area contributed by atoms with E-state index in [1.807, 2.05) is 38.1 Å². The summed E-state index contributed by atoms with van der Waals surface area (Å²) in [6, 6.07) is 9.25. The van der Waals surface area contributed by atoms with Gasteiger partial charge < -0.3 is 4.74 Å². The highest BCUT2D eigenvalue weighted by molar-refractivity contribution is 9.10. The first kappa shape index (κ1) is 18.4. The average molecular weight is 409 g/mol. The molecule has 6 nitrogen and oxygen atoms in total. The van der Waals surface area contributed by atoms with Crippen LogP contribution in [0.25, 0.3) is 0 Å². The second kappa shape index (κ2) is 9.39. The van der Waals surface area contributed by atoms with Crippen LogP contribution in [0.2, 0.25) is 0 Å². The lowest BCUT2D eigenvalue weighted by Crippen LogP contribution is -2.24. The van der Waals surface area contributed by atoms with Gasteiger partial charge >= 0.3 is 0 Å². The Kier molecular flexibility index (Phi) is 7.20. The summed E-state index contributed by atoms with van der Waals surface area (Å²) in [6.45, 7) is 3.72. The second-order valence-corrected chi connectivity index (χ2v) is 6.84. The molecule has 1 aromatic heterocycles. The molecule has 1 amide bonds. The van der Waals surface area contributed by atoms with Crippen molar-refractivity contribution in [1.29, 1.82) is 0 Å². The van der Waals surface area contributed by atoms with Crippen LogP contribution in [0.15, 0.2) is 45.1 Å². The number of aryl methyl sites for hydroxylation is 1. The highest BCUT2D eigenvalue weighted by atomic mass is 79.9. The zero-order valence-electron chi connectivity index (χ0n) is 13.3. The minimum atomic E-state index is -0.357. The van der Waals surface area contributed by atoms with E-state index in [1.165, 1.54) is 11.8 Å². The van der Waals surface area contributed by atoms with Crippen molar-refractivity contribution >= 4 is 39.8 Å². The van der Waals surface area contributed by atoms with Crippen molar-refractivity contribution in [2.45, 2.75) is 19.0 Å². The molecule has 0 atom stereocenters. The molecular formula is C16H17BrN4O2S. The van der Waals surface area contributed by atoms with E-state index in [-0.39, 0.29) is 12.5 Å². The number of rotatable bonds is 7. The number of hydrogen-bond donors (Lipinski definition) is 1. The molecule has 1 N–H and O–H groups in total. The predicted molar refractivity (Wildman–Crippen MR) is 98.5 cm³/mol. The number of hydrogen-bond acceptors (Lipinski definition) is 6. The van der Waals surface area contributed by atoms with Crippen LogP contribution < -0.4 is 10.2 Å². The van der Waals surface area contributed by atoms with Crippen molar-refractivity contribution in [2.24, 2.45) is 5.10 Å². The summed E-state index contributed by atoms with van der Waals surface area (Å²) in [7, 11) is 0. The number of nitrogens with zero attached hydrogens (tertiary/aromatic N) is 3. The fourth-order valence-corrected chi connectivity index (χ4v) is 2.57. The fraction of sp³-hybridized carbons (Fsp3) is 0.250. The maximum Gasteiger partial charge on any atom is 0.278 e. The third kappa shape index (κ3) is 6.29. The molecule has 1 aromatic carbocycles. The number of ether oxygens (including phenoxy) is 1. The highest BCUT2D eigenvalue weighted by Crippen LogP contribution is 2.17. The Bertz CT molecular complexity index is 723. The molecule has 0 aliphatic heterocycles. The number of amides is 1. The monoisotopic (exact) mass is 408 g/mol. The van der Waals surface area contributed by atoms with E-state index in [4.69, 9.17) is 4.74 Å². The number of thioether (sulfide) groups is 1. The van der Waals surface area contributed by atoms with Crippen molar-refractivity contribution < 1.29 is 9.53 Å². The molecule has 0 bridgehead atoms. The molecule has 1 heterocycles. The van der Waals surface area contributed by atoms with Gasteiger partial charge in [-0.15, -0.1) is 0 Å². The molecule has 0 radical (unpaired) electrons. The Morgan fingerprint density at radius 1 is 1.38 bits per heavy atom. The van der Waals surface area contributed by atoms with E-state index >= 15 is 0 Å². The van der Waals surface area contributed by atoms with Crippen LogP contribution >= 0.6 is 27.7 Å². The summed E-state index contributed by atoms with van der Waals surface area (Å²) in [5.74, 6) is 0.892. The smallest absolute Gasteiger partial charge is 0.278 e. The fourth-order valence-electron chi connectivity index (χ4n) is 1.68. The van der Waals surface area contributed by atoms with Gasteiger partial charge in [-0.05, 0) is 30.4 Å². The molecular weight excluding hydrogens is 392 g/mol. The van der Waals surface area contributed by atoms with Crippen LogP contribution in [0, 0.1) is 6.92 Å². The molecule has 0 saturated heterocycles. The van der Waals surface area contributed by atoms with Gasteiger partial charge in [-0.2, -0.15) is 10.1 Å². The van der Waals surface area contributed by atoms with Gasteiger partial charge in [0.2, 0.25) is 5.88 Å². The molecule has 8 heteroatoms. The zero-order valence-corrected chi connectivity index (χ0v) is 15.7. The lowest BCUT2D eigenvalue weighted by molar-refractivity contribution is -0.123. The third-order valence-electron chi connectivity index (χ3n) is 2.71. The van der Waals surface area contributed by atoms with Crippen LogP contribution in [-0.4, -0.2) is 34.4 Å². The zero-order chi connectivity index (χ0) is 17.4. The normalized spacial score (nSPS) is 10.8. The summed E-state index contributed by atoms with van der Waals surface area (Å²) in [4.78, 5) is 20.3. The van der Waals surface area contributed by atoms with Crippen molar-refractivity contribution in [2.75, 3.05) is 12.4 Å². The maximum atomic E-state index is 11.8. The second-order valence-electron chi connectivity index (χ2n) is 4.70. The predicted octanol–water partition coefficient (Wildman–Crippen LogP) is 3.19. The summed E-state index contributed by atoms with van der Waals surface area (Å²) in [5, 5.41) is 4.53. The standard InChI is InChI=1S/C16H17BrN4O2S/c1-3-24-16-19-11(2)8-15(20-16)23-10-14(22)21-18-9-12-4-6-13(17)7-5-12/h4-9H,3,10H2,1-2H3,(H,21,22)/b18-9+. The molecule has 2 rings (SSSR count). The molecule has 0 aliphatic carbocycles. The maximum absolute atomic E-state index is 11.8. The van der Waals surface area contributed by atoms with E-state index in [0.29, 0.717) is 11.0 Å². The Morgan fingerprint density at radius 2 is 2.12 bits per heavy atom. The number of nitrogens with one attached hydrogen (secondary N) is 1. The number of halogens is 1. The Hall–Kier alpha value is -1.93. The first-order chi connectivity index (χ1) is 11.6. The van der Waals surface area contributed by atoms with Crippen molar-refractivity contribution in [3.05, 3.63) is 46.1 Å². The number of carbonyl (C=O) groups is 1. The molecule has 0 spiro atoms. The largest absolute Gasteiger partial charge is 0.467 e. The van der Waals surface area contributed by atoms with Crippen molar-refractivity contribution in [3.63, 3.8) is 0 Å². The molecule has 126 valence electrons. The Morgan fingerprint density at radius 3 is 2.83 bits per heavy atom. The van der Waals surface area contributed by atoms with E-state index in [1.54, 1.807) is 12.3 Å². The molecule has 0 fully saturated rings. The molecule has 0 aliphatic rings. The van der Waals surface area contributed by atoms with Crippen LogP contribution in [-0.2, 0) is 4.79 Å². The summed E-state index contributed by atoms with van der Waals surface area (Å²) in [6.07, 6.45) is 1.56. The number of hydrazone groups is 1. The lowest BCUT2D eigenvalue weighted by atomic mass is 10.2. The van der Waals surface area contributed by atoms with Gasteiger partial charge in [0.05, 0.1) is 6.21 Å². The van der Waals surface area contributed by atoms with Crippen LogP contribution in [0.3, 0.4) is 0 Å². The summed E-state index contributed by atoms with van der Waals surface area (Å²) in [5.41, 5.74) is 4.09. The van der Waals surface area contributed by atoms with E-state index in [2.05, 4.69) is 36.4 Å². The molecule has 24 heavy (non-hydrogen) atoms. The topological polar surface area (TPSA) is 76.5 Å². The number of aromatic nitrogens is 2. The van der Waals surface area contributed by atoms with Crippen LogP contribution in [0.5, 0.6) is 5.88 Å². The average Bonchev–Trinajstić information content (AvgIpc) is 2.55. The van der Waals surface area contributed by atoms with Gasteiger partial charge in [-0.25, -0.2) is 10.4 Å². The summed E-state index contributed by atoms with van der Waals surface area (Å²) < 4.78 is 6.38. The van der Waals surface area contributed by atoms with Crippen LogP contribution in [0.1, 0.15) is 18.2 Å². The van der Waals surface area contributed by atoms with E-state index in [9.17, 15) is 4.79 Å². The molecule has 2 aromatic rings. The van der Waals surface area contributed by atoms with Gasteiger partial charge in [-0.3, -0.25) is 4.79 Å². The minimum Gasteiger partial charge on any atom is -0.467 e. The lowest BCUT2D eigenvalue weighted by Gasteiger charge is -2.06. The van der Waals surface area contributed by atoms with Crippen molar-refractivity contribution in [3.8, 4) is 5.88 Å². The van der Waals surface area contributed by atoms with Gasteiger partial charge in [0.15, 0.2) is 11.8 Å². The highest BCUT2D eigenvalue weighted by Gasteiger charge is 2.06. The van der Waals surface area contributed by atoms with Gasteiger partial charge in [0, 0.05) is 16.2 Å². The SMILES string of the molecule is CCSc1nc(C)cc(OCC(=O)N/N=C/c2ccc(Br)cc2)n1. The summed E-state index contributed by atoms with van der Waals surface area (Å²) >= 11 is 4.88. The van der Waals surface area contributed by atoms with Crippen molar-refractivity contribution in [1.82, 2.24) is 15.4 Å². The van der Waals surface area contributed by atoms with Gasteiger partial charge in [0.1, 0.15) is 0 Å².